The first-order valence-electron chi connectivity index (χ1n) is 8.37. The molecule has 1 atom stereocenters. The monoisotopic (exact) mass is 465 g/mol. The van der Waals surface area contributed by atoms with E-state index in [4.69, 9.17) is 0 Å². The Bertz CT molecular complexity index is 395. The molecule has 0 spiro atoms. The van der Waals surface area contributed by atoms with E-state index >= 15 is 0 Å². The van der Waals surface area contributed by atoms with Crippen molar-refractivity contribution in [3.05, 3.63) is 31.8 Å². The Balaban J connectivity index is 2.52. The van der Waals surface area contributed by atoms with E-state index in [1.54, 1.807) is 0 Å². The number of nitrogens with one attached hydrogen (secondary N) is 1. The molecule has 21 heavy (non-hydrogen) atoms. The van der Waals surface area contributed by atoms with Crippen LogP contribution < -0.4 is 5.32 Å². The topological polar surface area (TPSA) is 12.0 Å². The summed E-state index contributed by atoms with van der Waals surface area (Å²) in [6.45, 7) is 5.61. The Morgan fingerprint density at radius 1 is 1.05 bits per heavy atom. The van der Waals surface area contributed by atoms with Crippen molar-refractivity contribution in [2.45, 2.75) is 71.3 Å². The van der Waals surface area contributed by atoms with Gasteiger partial charge in [0, 0.05) is 14.1 Å². The minimum absolute atomic E-state index is 0.500. The zero-order chi connectivity index (χ0) is 15.5. The molecule has 0 saturated heterocycles. The van der Waals surface area contributed by atoms with Crippen LogP contribution in [0.2, 0.25) is 0 Å². The molecule has 1 unspecified atom stereocenters. The molecule has 0 aliphatic heterocycles. The van der Waals surface area contributed by atoms with Gasteiger partial charge in [-0.25, -0.2) is 0 Å². The van der Waals surface area contributed by atoms with Crippen LogP contribution >= 0.6 is 38.5 Å². The van der Waals surface area contributed by atoms with Crippen LogP contribution in [0.3, 0.4) is 0 Å². The summed E-state index contributed by atoms with van der Waals surface area (Å²) >= 11 is 6.07. The highest BCUT2D eigenvalue weighted by molar-refractivity contribution is 14.1. The van der Waals surface area contributed by atoms with Gasteiger partial charge in [0.15, 0.2) is 0 Å². The van der Waals surface area contributed by atoms with Crippen LogP contribution in [0.5, 0.6) is 0 Å². The SMILES string of the molecule is CCCCCCCCC(NCCC)c1cc(Br)ccc1I. The zero-order valence-corrected chi connectivity index (χ0v) is 17.2. The Labute approximate surface area is 152 Å². The van der Waals surface area contributed by atoms with Crippen LogP contribution in [0.1, 0.15) is 76.8 Å². The molecular formula is C18H29BrIN. The molecule has 1 N–H and O–H groups in total. The molecule has 0 aliphatic carbocycles. The van der Waals surface area contributed by atoms with E-state index in [1.165, 1.54) is 65.0 Å². The van der Waals surface area contributed by atoms with Gasteiger partial charge < -0.3 is 5.32 Å². The van der Waals surface area contributed by atoms with E-state index in [9.17, 15) is 0 Å². The summed E-state index contributed by atoms with van der Waals surface area (Å²) in [6, 6.07) is 7.13. The summed E-state index contributed by atoms with van der Waals surface area (Å²) in [5.74, 6) is 0. The van der Waals surface area contributed by atoms with E-state index in [0.29, 0.717) is 6.04 Å². The Hall–Kier alpha value is 0.390. The van der Waals surface area contributed by atoms with Gasteiger partial charge in [-0.3, -0.25) is 0 Å². The summed E-state index contributed by atoms with van der Waals surface area (Å²) in [5.41, 5.74) is 1.45. The largest absolute Gasteiger partial charge is 0.310 e. The van der Waals surface area contributed by atoms with Crippen molar-refractivity contribution in [1.82, 2.24) is 5.32 Å². The number of unbranched alkanes of at least 4 members (excludes halogenated alkanes) is 5. The quantitative estimate of drug-likeness (QED) is 0.278. The fraction of sp³-hybridized carbons (Fsp3) is 0.667. The highest BCUT2D eigenvalue weighted by Gasteiger charge is 2.13. The third-order valence-corrected chi connectivity index (χ3v) is 5.30. The first-order chi connectivity index (χ1) is 10.2. The van der Waals surface area contributed by atoms with Gasteiger partial charge in [-0.05, 0) is 65.7 Å². The Kier molecular flexibility index (Phi) is 11.0. The number of hydrogen-bond donors (Lipinski definition) is 1. The van der Waals surface area contributed by atoms with Gasteiger partial charge in [-0.2, -0.15) is 0 Å². The predicted molar refractivity (Wildman–Crippen MR) is 106 cm³/mol. The Morgan fingerprint density at radius 3 is 2.48 bits per heavy atom. The average Bonchev–Trinajstić information content (AvgIpc) is 2.48. The van der Waals surface area contributed by atoms with Crippen molar-refractivity contribution in [3.8, 4) is 0 Å². The zero-order valence-electron chi connectivity index (χ0n) is 13.4. The molecular weight excluding hydrogens is 437 g/mol. The molecule has 0 saturated carbocycles. The lowest BCUT2D eigenvalue weighted by Crippen LogP contribution is -2.23. The van der Waals surface area contributed by atoms with E-state index < -0.39 is 0 Å². The van der Waals surface area contributed by atoms with Gasteiger partial charge >= 0.3 is 0 Å². The molecule has 0 radical (unpaired) electrons. The van der Waals surface area contributed by atoms with Crippen LogP contribution in [0, 0.1) is 3.57 Å². The first kappa shape index (κ1) is 19.4. The molecule has 1 nitrogen and oxygen atoms in total. The second kappa shape index (κ2) is 11.9. The van der Waals surface area contributed by atoms with E-state index in [0.717, 1.165) is 6.54 Å². The van der Waals surface area contributed by atoms with Crippen LogP contribution in [-0.2, 0) is 0 Å². The van der Waals surface area contributed by atoms with Crippen molar-refractivity contribution in [2.75, 3.05) is 6.54 Å². The lowest BCUT2D eigenvalue weighted by molar-refractivity contribution is 0.465. The molecule has 0 bridgehead atoms. The normalized spacial score (nSPS) is 12.6. The average molecular weight is 466 g/mol. The van der Waals surface area contributed by atoms with Crippen molar-refractivity contribution >= 4 is 38.5 Å². The molecule has 0 amide bonds. The maximum Gasteiger partial charge on any atom is 0.0331 e. The minimum Gasteiger partial charge on any atom is -0.310 e. The summed E-state index contributed by atoms with van der Waals surface area (Å²) in [6.07, 6.45) is 10.7. The van der Waals surface area contributed by atoms with Gasteiger partial charge in [-0.1, -0.05) is 68.3 Å². The summed E-state index contributed by atoms with van der Waals surface area (Å²) in [7, 11) is 0. The molecule has 3 heteroatoms. The summed E-state index contributed by atoms with van der Waals surface area (Å²) in [5, 5.41) is 3.73. The number of benzene rings is 1. The molecule has 0 aliphatic rings. The molecule has 1 aromatic rings. The second-order valence-corrected chi connectivity index (χ2v) is 7.81. The molecule has 0 heterocycles. The highest BCUT2D eigenvalue weighted by Crippen LogP contribution is 2.28. The maximum atomic E-state index is 3.73. The van der Waals surface area contributed by atoms with Gasteiger partial charge in [0.05, 0.1) is 0 Å². The molecule has 0 fully saturated rings. The first-order valence-corrected chi connectivity index (χ1v) is 10.2. The fourth-order valence-electron chi connectivity index (χ4n) is 2.60. The smallest absolute Gasteiger partial charge is 0.0331 e. The molecule has 1 rings (SSSR count). The van der Waals surface area contributed by atoms with Crippen LogP contribution in [0.15, 0.2) is 22.7 Å². The number of rotatable bonds is 11. The standard InChI is InChI=1S/C18H29BrIN/c1-3-5-6-7-8-9-10-18(21-13-4-2)16-14-15(19)11-12-17(16)20/h11-12,14,18,21H,3-10,13H2,1-2H3. The molecule has 1 aromatic carbocycles. The minimum atomic E-state index is 0.500. The van der Waals surface area contributed by atoms with Crippen molar-refractivity contribution in [2.24, 2.45) is 0 Å². The maximum absolute atomic E-state index is 3.73. The third-order valence-electron chi connectivity index (χ3n) is 3.82. The van der Waals surface area contributed by atoms with Gasteiger partial charge in [0.1, 0.15) is 0 Å². The number of halogens is 2. The highest BCUT2D eigenvalue weighted by atomic mass is 127. The van der Waals surface area contributed by atoms with E-state index in [2.05, 4.69) is 75.9 Å². The molecule has 0 aromatic heterocycles. The lowest BCUT2D eigenvalue weighted by Gasteiger charge is -2.21. The second-order valence-electron chi connectivity index (χ2n) is 5.73. The van der Waals surface area contributed by atoms with Gasteiger partial charge in [0.25, 0.3) is 0 Å². The van der Waals surface area contributed by atoms with Gasteiger partial charge in [0.2, 0.25) is 0 Å². The number of hydrogen-bond acceptors (Lipinski definition) is 1. The van der Waals surface area contributed by atoms with E-state index in [1.807, 2.05) is 0 Å². The van der Waals surface area contributed by atoms with Crippen molar-refractivity contribution < 1.29 is 0 Å². The Morgan fingerprint density at radius 2 is 1.76 bits per heavy atom. The summed E-state index contributed by atoms with van der Waals surface area (Å²) in [4.78, 5) is 0. The molecule has 120 valence electrons. The van der Waals surface area contributed by atoms with Crippen molar-refractivity contribution in [1.29, 1.82) is 0 Å². The summed E-state index contributed by atoms with van der Waals surface area (Å²) < 4.78 is 2.56. The third kappa shape index (κ3) is 7.98. The lowest BCUT2D eigenvalue weighted by atomic mass is 9.99. The van der Waals surface area contributed by atoms with Crippen LogP contribution in [-0.4, -0.2) is 6.54 Å². The predicted octanol–water partition coefficient (Wildman–Crippen LogP) is 6.85. The van der Waals surface area contributed by atoms with Crippen molar-refractivity contribution in [3.63, 3.8) is 0 Å². The van der Waals surface area contributed by atoms with E-state index in [-0.39, 0.29) is 0 Å². The van der Waals surface area contributed by atoms with Crippen LogP contribution in [0.4, 0.5) is 0 Å². The van der Waals surface area contributed by atoms with Gasteiger partial charge in [-0.15, -0.1) is 0 Å². The fourth-order valence-corrected chi connectivity index (χ4v) is 3.69. The van der Waals surface area contributed by atoms with Crippen LogP contribution in [0.25, 0.3) is 0 Å².